The minimum Gasteiger partial charge on any atom is -0.349 e. The second kappa shape index (κ2) is 6.62. The summed E-state index contributed by atoms with van der Waals surface area (Å²) in [5.74, 6) is -1.09. The number of non-ortho nitro benzene ring substituents is 1. The lowest BCUT2D eigenvalue weighted by atomic mass is 9.92. The molecule has 1 aromatic rings. The van der Waals surface area contributed by atoms with Gasteiger partial charge in [-0.05, 0) is 44.8 Å². The third-order valence-electron chi connectivity index (χ3n) is 3.81. The first-order valence-corrected chi connectivity index (χ1v) is 6.94. The molecule has 2 rings (SSSR count). The van der Waals surface area contributed by atoms with E-state index >= 15 is 0 Å². The van der Waals surface area contributed by atoms with Gasteiger partial charge in [0.05, 0.1) is 10.5 Å². The van der Waals surface area contributed by atoms with Crippen molar-refractivity contribution in [3.05, 3.63) is 39.7 Å². The summed E-state index contributed by atoms with van der Waals surface area (Å²) in [7, 11) is 0. The van der Waals surface area contributed by atoms with Crippen LogP contribution >= 0.6 is 0 Å². The van der Waals surface area contributed by atoms with Gasteiger partial charge in [0.25, 0.3) is 11.6 Å². The Labute approximate surface area is 121 Å². The minimum absolute atomic E-state index is 0.121. The van der Waals surface area contributed by atoms with Crippen molar-refractivity contribution in [2.75, 3.05) is 13.1 Å². The molecule has 7 heteroatoms. The number of hydrogen-bond acceptors (Lipinski definition) is 4. The van der Waals surface area contributed by atoms with Crippen LogP contribution in [0, 0.1) is 21.8 Å². The number of hydrogen-bond donors (Lipinski definition) is 2. The van der Waals surface area contributed by atoms with Crippen LogP contribution in [-0.2, 0) is 0 Å². The molecule has 0 spiro atoms. The number of nitro groups is 1. The van der Waals surface area contributed by atoms with E-state index < -0.39 is 16.6 Å². The highest BCUT2D eigenvalue weighted by Gasteiger charge is 2.23. The smallest absolute Gasteiger partial charge is 0.270 e. The minimum atomic E-state index is -0.757. The number of carbonyl (C=O) groups excluding carboxylic acids is 1. The molecule has 1 amide bonds. The molecule has 1 saturated heterocycles. The van der Waals surface area contributed by atoms with Crippen molar-refractivity contribution < 1.29 is 14.1 Å². The van der Waals surface area contributed by atoms with Crippen molar-refractivity contribution in [2.24, 2.45) is 5.92 Å². The van der Waals surface area contributed by atoms with Crippen LogP contribution in [-0.4, -0.2) is 30.0 Å². The molecule has 1 heterocycles. The molecule has 0 radical (unpaired) electrons. The Hall–Kier alpha value is -2.02. The quantitative estimate of drug-likeness (QED) is 0.656. The normalized spacial score (nSPS) is 19.8. The topological polar surface area (TPSA) is 84.3 Å². The van der Waals surface area contributed by atoms with Crippen molar-refractivity contribution in [2.45, 2.75) is 25.8 Å². The standard InChI is InChI=1S/C14H18FN3O3/c1-9(10-3-2-6-16-8-10)17-14(19)12-7-11(18(20)21)4-5-13(12)15/h4-5,7,9-10,16H,2-3,6,8H2,1H3,(H,17,19). The molecule has 1 aromatic carbocycles. The van der Waals surface area contributed by atoms with Gasteiger partial charge in [-0.25, -0.2) is 4.39 Å². The predicted molar refractivity (Wildman–Crippen MR) is 75.6 cm³/mol. The molecule has 0 saturated carbocycles. The lowest BCUT2D eigenvalue weighted by Gasteiger charge is -2.28. The Balaban J connectivity index is 2.08. The van der Waals surface area contributed by atoms with Crippen molar-refractivity contribution in [3.63, 3.8) is 0 Å². The molecule has 2 unspecified atom stereocenters. The second-order valence-electron chi connectivity index (χ2n) is 5.29. The predicted octanol–water partition coefficient (Wildman–Crippen LogP) is 1.85. The average molecular weight is 295 g/mol. The Morgan fingerprint density at radius 2 is 2.33 bits per heavy atom. The zero-order valence-corrected chi connectivity index (χ0v) is 11.8. The molecular formula is C14H18FN3O3. The molecule has 2 atom stereocenters. The van der Waals surface area contributed by atoms with E-state index in [-0.39, 0.29) is 23.2 Å². The zero-order valence-electron chi connectivity index (χ0n) is 11.8. The Morgan fingerprint density at radius 1 is 1.57 bits per heavy atom. The van der Waals surface area contributed by atoms with Gasteiger partial charge in [-0.15, -0.1) is 0 Å². The summed E-state index contributed by atoms with van der Waals surface area (Å²) in [4.78, 5) is 22.2. The van der Waals surface area contributed by atoms with Gasteiger partial charge in [-0.3, -0.25) is 14.9 Å². The maximum Gasteiger partial charge on any atom is 0.270 e. The highest BCUT2D eigenvalue weighted by molar-refractivity contribution is 5.95. The van der Waals surface area contributed by atoms with Gasteiger partial charge in [-0.1, -0.05) is 0 Å². The van der Waals surface area contributed by atoms with Crippen LogP contribution in [0.25, 0.3) is 0 Å². The maximum atomic E-state index is 13.7. The second-order valence-corrected chi connectivity index (χ2v) is 5.29. The van der Waals surface area contributed by atoms with Crippen LogP contribution < -0.4 is 10.6 Å². The van der Waals surface area contributed by atoms with Crippen LogP contribution in [0.15, 0.2) is 18.2 Å². The Kier molecular flexibility index (Phi) is 4.85. The summed E-state index contributed by atoms with van der Waals surface area (Å²) in [6.07, 6.45) is 2.03. The van der Waals surface area contributed by atoms with E-state index in [2.05, 4.69) is 10.6 Å². The lowest BCUT2D eigenvalue weighted by Crippen LogP contribution is -2.44. The van der Waals surface area contributed by atoms with Crippen LogP contribution in [0.5, 0.6) is 0 Å². The fourth-order valence-corrected chi connectivity index (χ4v) is 2.51. The molecule has 6 nitrogen and oxygen atoms in total. The SMILES string of the molecule is CC(NC(=O)c1cc([N+](=O)[O-])ccc1F)C1CCCNC1. The van der Waals surface area contributed by atoms with Crippen LogP contribution in [0.2, 0.25) is 0 Å². The van der Waals surface area contributed by atoms with E-state index in [1.54, 1.807) is 0 Å². The lowest BCUT2D eigenvalue weighted by molar-refractivity contribution is -0.384. The number of carbonyl (C=O) groups is 1. The maximum absolute atomic E-state index is 13.7. The molecule has 0 bridgehead atoms. The average Bonchev–Trinajstić information content (AvgIpc) is 2.48. The molecule has 0 aromatic heterocycles. The van der Waals surface area contributed by atoms with Gasteiger partial charge in [0.15, 0.2) is 0 Å². The number of nitro benzene ring substituents is 1. The fourth-order valence-electron chi connectivity index (χ4n) is 2.51. The van der Waals surface area contributed by atoms with Crippen molar-refractivity contribution >= 4 is 11.6 Å². The summed E-state index contributed by atoms with van der Waals surface area (Å²) < 4.78 is 13.7. The molecule has 0 aliphatic carbocycles. The number of benzene rings is 1. The van der Waals surface area contributed by atoms with E-state index in [4.69, 9.17) is 0 Å². The van der Waals surface area contributed by atoms with Crippen molar-refractivity contribution in [3.8, 4) is 0 Å². The number of piperidine rings is 1. The fraction of sp³-hybridized carbons (Fsp3) is 0.500. The monoisotopic (exact) mass is 295 g/mol. The summed E-state index contributed by atoms with van der Waals surface area (Å²) in [6.45, 7) is 3.64. The van der Waals surface area contributed by atoms with Gasteiger partial charge in [0, 0.05) is 18.2 Å². The molecule has 1 aliphatic heterocycles. The Bertz CT molecular complexity index is 544. The van der Waals surface area contributed by atoms with Crippen molar-refractivity contribution in [1.29, 1.82) is 0 Å². The Morgan fingerprint density at radius 3 is 2.95 bits per heavy atom. The molecule has 1 fully saturated rings. The number of halogens is 1. The van der Waals surface area contributed by atoms with E-state index in [9.17, 15) is 19.3 Å². The molecule has 2 N–H and O–H groups in total. The van der Waals surface area contributed by atoms with Gasteiger partial charge in [0.1, 0.15) is 5.82 Å². The number of nitrogens with zero attached hydrogens (tertiary/aromatic N) is 1. The number of rotatable bonds is 4. The van der Waals surface area contributed by atoms with Gasteiger partial charge in [-0.2, -0.15) is 0 Å². The number of amides is 1. The first-order chi connectivity index (χ1) is 9.99. The zero-order chi connectivity index (χ0) is 15.4. The van der Waals surface area contributed by atoms with Gasteiger partial charge < -0.3 is 10.6 Å². The number of nitrogens with one attached hydrogen (secondary N) is 2. The summed E-state index contributed by atoms with van der Waals surface area (Å²) >= 11 is 0. The first kappa shape index (κ1) is 15.4. The summed E-state index contributed by atoms with van der Waals surface area (Å²) in [6, 6.07) is 2.83. The molecule has 21 heavy (non-hydrogen) atoms. The largest absolute Gasteiger partial charge is 0.349 e. The van der Waals surface area contributed by atoms with E-state index in [1.807, 2.05) is 6.92 Å². The molecule has 114 valence electrons. The van der Waals surface area contributed by atoms with Crippen LogP contribution in [0.3, 0.4) is 0 Å². The highest BCUT2D eigenvalue weighted by Crippen LogP contribution is 2.18. The highest BCUT2D eigenvalue weighted by atomic mass is 19.1. The summed E-state index contributed by atoms with van der Waals surface area (Å²) in [5, 5.41) is 16.7. The third-order valence-corrected chi connectivity index (χ3v) is 3.81. The van der Waals surface area contributed by atoms with E-state index in [0.717, 1.165) is 44.1 Å². The molecular weight excluding hydrogens is 277 g/mol. The van der Waals surface area contributed by atoms with Crippen LogP contribution in [0.1, 0.15) is 30.1 Å². The first-order valence-electron chi connectivity index (χ1n) is 6.94. The third kappa shape index (κ3) is 3.75. The van der Waals surface area contributed by atoms with Crippen LogP contribution in [0.4, 0.5) is 10.1 Å². The molecule has 1 aliphatic rings. The van der Waals surface area contributed by atoms with Gasteiger partial charge in [0.2, 0.25) is 0 Å². The van der Waals surface area contributed by atoms with E-state index in [0.29, 0.717) is 0 Å². The summed E-state index contributed by atoms with van der Waals surface area (Å²) in [5.41, 5.74) is -0.589. The van der Waals surface area contributed by atoms with Crippen molar-refractivity contribution in [1.82, 2.24) is 10.6 Å². The van der Waals surface area contributed by atoms with Gasteiger partial charge >= 0.3 is 0 Å². The van der Waals surface area contributed by atoms with E-state index in [1.165, 1.54) is 0 Å².